The Morgan fingerprint density at radius 1 is 1.03 bits per heavy atom. The van der Waals surface area contributed by atoms with Crippen LogP contribution >= 0.6 is 0 Å². The molecule has 6 heterocycles. The van der Waals surface area contributed by atoms with E-state index in [2.05, 4.69) is 35.9 Å². The van der Waals surface area contributed by atoms with Gasteiger partial charge in [0.25, 0.3) is 0 Å². The highest BCUT2D eigenvalue weighted by atomic mass is 15.3. The molecular formula is C23H22N10. The topological polar surface area (TPSA) is 138 Å². The summed E-state index contributed by atoms with van der Waals surface area (Å²) < 4.78 is 4.16. The Bertz CT molecular complexity index is 1510. The molecular weight excluding hydrogens is 416 g/mol. The Hall–Kier alpha value is -4.47. The van der Waals surface area contributed by atoms with Crippen molar-refractivity contribution < 1.29 is 0 Å². The van der Waals surface area contributed by atoms with Crippen molar-refractivity contribution in [3.63, 3.8) is 0 Å². The number of nitrogens with two attached hydrogens (primary N) is 2. The molecule has 10 nitrogen and oxygen atoms in total. The maximum Gasteiger partial charge on any atom is 0.153 e. The van der Waals surface area contributed by atoms with E-state index in [0.29, 0.717) is 23.9 Å². The second kappa shape index (κ2) is 7.30. The van der Waals surface area contributed by atoms with Gasteiger partial charge in [0, 0.05) is 60.5 Å². The predicted molar refractivity (Wildman–Crippen MR) is 127 cm³/mol. The van der Waals surface area contributed by atoms with E-state index in [1.807, 2.05) is 36.1 Å². The first-order chi connectivity index (χ1) is 16.0. The van der Waals surface area contributed by atoms with Crippen LogP contribution in [0.4, 0.5) is 23.1 Å². The summed E-state index contributed by atoms with van der Waals surface area (Å²) in [6.45, 7) is 3.49. The lowest BCUT2D eigenvalue weighted by atomic mass is 10.0. The smallest absolute Gasteiger partial charge is 0.153 e. The first-order valence-corrected chi connectivity index (χ1v) is 10.7. The normalized spacial score (nSPS) is 12.9. The minimum Gasteiger partial charge on any atom is -0.397 e. The van der Waals surface area contributed by atoms with Gasteiger partial charge in [-0.2, -0.15) is 5.10 Å². The number of nitrogens with one attached hydrogen (secondary N) is 1. The number of pyridine rings is 3. The second-order valence-corrected chi connectivity index (χ2v) is 8.18. The number of nitrogens with zero attached hydrogens (tertiary/aromatic N) is 7. The lowest BCUT2D eigenvalue weighted by molar-refractivity contribution is 0.641. The maximum atomic E-state index is 6.25. The standard InChI is InChI=1S/C23H22N10/c1-13-16(9-26-11-18(13)24)19-6-14-7-20(28-10-17(14)23(25)29-19)30-21-8-15-2-4-32-5-3-27-22(32)12-33(15)31-21/h3,5-11H,2,4,12,24H2,1H3,(H2,25,29)(H,28,30,31). The van der Waals surface area contributed by atoms with Crippen LogP contribution in [0.15, 0.2) is 49.2 Å². The molecule has 5 aromatic rings. The lowest BCUT2D eigenvalue weighted by Gasteiger charge is -2.11. The molecule has 6 rings (SSSR count). The van der Waals surface area contributed by atoms with Crippen molar-refractivity contribution in [2.75, 3.05) is 16.8 Å². The molecule has 0 amide bonds. The number of aryl methyl sites for hydroxylation is 2. The van der Waals surface area contributed by atoms with Gasteiger partial charge in [-0.05, 0) is 30.0 Å². The van der Waals surface area contributed by atoms with Crippen LogP contribution in [0, 0.1) is 6.92 Å². The van der Waals surface area contributed by atoms with E-state index >= 15 is 0 Å². The highest BCUT2D eigenvalue weighted by Crippen LogP contribution is 2.30. The van der Waals surface area contributed by atoms with Gasteiger partial charge in [-0.25, -0.2) is 15.0 Å². The Morgan fingerprint density at radius 3 is 2.85 bits per heavy atom. The van der Waals surface area contributed by atoms with Crippen LogP contribution in [0.1, 0.15) is 17.1 Å². The summed E-state index contributed by atoms with van der Waals surface area (Å²) in [5, 5.41) is 9.75. The van der Waals surface area contributed by atoms with Crippen LogP contribution in [-0.2, 0) is 19.5 Å². The van der Waals surface area contributed by atoms with Crippen LogP contribution in [0.2, 0.25) is 0 Å². The molecule has 0 unspecified atom stereocenters. The molecule has 5 aromatic heterocycles. The fraction of sp³-hybridized carbons (Fsp3) is 0.174. The van der Waals surface area contributed by atoms with Gasteiger partial charge in [-0.1, -0.05) is 0 Å². The number of imidazole rings is 1. The molecule has 0 saturated heterocycles. The molecule has 10 heteroatoms. The van der Waals surface area contributed by atoms with E-state index in [9.17, 15) is 0 Å². The molecule has 1 aliphatic heterocycles. The van der Waals surface area contributed by atoms with Crippen LogP contribution in [0.3, 0.4) is 0 Å². The zero-order valence-corrected chi connectivity index (χ0v) is 18.0. The summed E-state index contributed by atoms with van der Waals surface area (Å²) in [5.41, 5.74) is 16.6. The minimum atomic E-state index is 0.410. The van der Waals surface area contributed by atoms with Crippen molar-refractivity contribution in [2.45, 2.75) is 26.4 Å². The van der Waals surface area contributed by atoms with E-state index in [1.54, 1.807) is 18.6 Å². The Kier molecular flexibility index (Phi) is 4.25. The second-order valence-electron chi connectivity index (χ2n) is 8.18. The number of hydrogen-bond donors (Lipinski definition) is 3. The van der Waals surface area contributed by atoms with Gasteiger partial charge in [-0.15, -0.1) is 0 Å². The number of rotatable bonds is 3. The van der Waals surface area contributed by atoms with Crippen molar-refractivity contribution in [3.8, 4) is 11.3 Å². The van der Waals surface area contributed by atoms with Gasteiger partial charge in [0.1, 0.15) is 17.5 Å². The summed E-state index contributed by atoms with van der Waals surface area (Å²) in [7, 11) is 0. The number of hydrogen-bond acceptors (Lipinski definition) is 8. The van der Waals surface area contributed by atoms with Gasteiger partial charge >= 0.3 is 0 Å². The van der Waals surface area contributed by atoms with Crippen molar-refractivity contribution in [1.29, 1.82) is 0 Å². The van der Waals surface area contributed by atoms with Crippen molar-refractivity contribution in [3.05, 3.63) is 66.3 Å². The molecule has 0 saturated carbocycles. The van der Waals surface area contributed by atoms with Gasteiger partial charge in [0.05, 0.1) is 24.1 Å². The van der Waals surface area contributed by atoms with Crippen LogP contribution in [0.25, 0.3) is 22.0 Å². The number of anilines is 4. The summed E-state index contributed by atoms with van der Waals surface area (Å²) in [4.78, 5) is 17.7. The van der Waals surface area contributed by atoms with E-state index < -0.39 is 0 Å². The highest BCUT2D eigenvalue weighted by molar-refractivity contribution is 5.95. The van der Waals surface area contributed by atoms with E-state index in [4.69, 9.17) is 16.6 Å². The van der Waals surface area contributed by atoms with Crippen molar-refractivity contribution in [1.82, 2.24) is 34.3 Å². The molecule has 33 heavy (non-hydrogen) atoms. The van der Waals surface area contributed by atoms with Crippen molar-refractivity contribution >= 4 is 33.9 Å². The third kappa shape index (κ3) is 3.32. The summed E-state index contributed by atoms with van der Waals surface area (Å²) in [6, 6.07) is 5.99. The Morgan fingerprint density at radius 2 is 1.94 bits per heavy atom. The maximum absolute atomic E-state index is 6.25. The molecule has 0 fully saturated rings. The summed E-state index contributed by atoms with van der Waals surface area (Å²) >= 11 is 0. The molecule has 0 aromatic carbocycles. The van der Waals surface area contributed by atoms with Gasteiger partial charge in [-0.3, -0.25) is 9.67 Å². The zero-order chi connectivity index (χ0) is 22.5. The van der Waals surface area contributed by atoms with Gasteiger partial charge in [0.15, 0.2) is 5.82 Å². The molecule has 0 radical (unpaired) electrons. The van der Waals surface area contributed by atoms with Crippen LogP contribution in [0.5, 0.6) is 0 Å². The predicted octanol–water partition coefficient (Wildman–Crippen LogP) is 2.91. The van der Waals surface area contributed by atoms with E-state index in [1.165, 1.54) is 0 Å². The fourth-order valence-corrected chi connectivity index (χ4v) is 4.23. The van der Waals surface area contributed by atoms with E-state index in [-0.39, 0.29) is 0 Å². The average Bonchev–Trinajstić information content (AvgIpc) is 3.37. The molecule has 0 aliphatic carbocycles. The van der Waals surface area contributed by atoms with Crippen LogP contribution < -0.4 is 16.8 Å². The zero-order valence-electron chi connectivity index (χ0n) is 18.0. The molecule has 164 valence electrons. The lowest BCUT2D eigenvalue weighted by Crippen LogP contribution is -2.06. The fourth-order valence-electron chi connectivity index (χ4n) is 4.23. The Labute approximate surface area is 189 Å². The third-order valence-electron chi connectivity index (χ3n) is 6.10. The van der Waals surface area contributed by atoms with E-state index in [0.717, 1.165) is 57.9 Å². The number of fused-ring (bicyclic) bond motifs is 3. The summed E-state index contributed by atoms with van der Waals surface area (Å²) in [5.74, 6) is 2.84. The number of aromatic nitrogens is 7. The SMILES string of the molecule is Cc1c(N)cncc1-c1cc2cc(Nc3cc4n(n3)Cc3nccn3CC4)ncc2c(N)n1. The molecule has 0 bridgehead atoms. The minimum absolute atomic E-state index is 0.410. The van der Waals surface area contributed by atoms with Gasteiger partial charge < -0.3 is 21.4 Å². The number of nitrogen functional groups attached to an aromatic ring is 2. The largest absolute Gasteiger partial charge is 0.397 e. The molecule has 0 atom stereocenters. The quantitative estimate of drug-likeness (QED) is 0.391. The first kappa shape index (κ1) is 19.2. The Balaban J connectivity index is 1.34. The third-order valence-corrected chi connectivity index (χ3v) is 6.10. The van der Waals surface area contributed by atoms with Crippen molar-refractivity contribution in [2.24, 2.45) is 0 Å². The van der Waals surface area contributed by atoms with Crippen LogP contribution in [-0.4, -0.2) is 34.3 Å². The molecule has 1 aliphatic rings. The highest BCUT2D eigenvalue weighted by Gasteiger charge is 2.16. The summed E-state index contributed by atoms with van der Waals surface area (Å²) in [6.07, 6.45) is 9.85. The first-order valence-electron chi connectivity index (χ1n) is 10.7. The van der Waals surface area contributed by atoms with Gasteiger partial charge in [0.2, 0.25) is 0 Å². The molecule has 0 spiro atoms. The molecule has 5 N–H and O–H groups in total. The monoisotopic (exact) mass is 438 g/mol. The average molecular weight is 438 g/mol.